The molecule has 0 unspecified atom stereocenters. The van der Waals surface area contributed by atoms with E-state index in [0.717, 1.165) is 0 Å². The molecule has 0 saturated carbocycles. The molecule has 1 aromatic heterocycles. The minimum Gasteiger partial charge on any atom is -0.496 e. The van der Waals surface area contributed by atoms with Crippen LogP contribution in [0.3, 0.4) is 0 Å². The minimum atomic E-state index is -1.11. The normalized spacial score (nSPS) is 11.9. The largest absolute Gasteiger partial charge is 0.496 e. The number of benzene rings is 3. The molecule has 0 spiro atoms. The van der Waals surface area contributed by atoms with Crippen LogP contribution in [0.5, 0.6) is 5.75 Å². The molecular formula is C24H20N2O4. The van der Waals surface area contributed by atoms with Gasteiger partial charge in [-0.2, -0.15) is 0 Å². The van der Waals surface area contributed by atoms with Crippen LogP contribution in [0.4, 0.5) is 0 Å². The summed E-state index contributed by atoms with van der Waals surface area (Å²) in [5, 5.41) is 13.8. The first-order valence-corrected chi connectivity index (χ1v) is 9.51. The lowest BCUT2D eigenvalue weighted by atomic mass is 10.0. The highest BCUT2D eigenvalue weighted by Crippen LogP contribution is 2.26. The van der Waals surface area contributed by atoms with E-state index in [9.17, 15) is 14.7 Å². The van der Waals surface area contributed by atoms with Crippen molar-refractivity contribution in [3.63, 3.8) is 0 Å². The van der Waals surface area contributed by atoms with E-state index in [1.165, 1.54) is 7.11 Å². The van der Waals surface area contributed by atoms with Gasteiger partial charge in [-0.3, -0.25) is 4.79 Å². The topological polar surface area (TPSA) is 88.5 Å². The Morgan fingerprint density at radius 3 is 2.10 bits per heavy atom. The molecule has 0 radical (unpaired) electrons. The average molecular weight is 400 g/mol. The van der Waals surface area contributed by atoms with E-state index >= 15 is 0 Å². The van der Waals surface area contributed by atoms with Crippen LogP contribution in [0, 0.1) is 0 Å². The molecule has 0 aliphatic carbocycles. The fourth-order valence-corrected chi connectivity index (χ4v) is 3.61. The third-order valence-corrected chi connectivity index (χ3v) is 5.03. The standard InChI is InChI=1S/C24H20N2O4/c1-30-21-13-7-2-8-15(21)14-20(24(28)29)26-23(27)22-16-9-3-5-11-18(16)25-19-12-6-4-10-17(19)22/h2-13,20H,14H2,1H3,(H,26,27)(H,28,29)/t20-/m0/s1. The van der Waals surface area contributed by atoms with Crippen molar-refractivity contribution in [2.24, 2.45) is 0 Å². The number of amides is 1. The van der Waals surface area contributed by atoms with Gasteiger partial charge in [-0.1, -0.05) is 54.6 Å². The Hall–Kier alpha value is -3.93. The Balaban J connectivity index is 1.74. The molecule has 1 amide bonds. The number of carbonyl (C=O) groups excluding carboxylic acids is 1. The van der Waals surface area contributed by atoms with Crippen LogP contribution >= 0.6 is 0 Å². The maximum Gasteiger partial charge on any atom is 0.326 e. The summed E-state index contributed by atoms with van der Waals surface area (Å²) in [6.45, 7) is 0. The summed E-state index contributed by atoms with van der Waals surface area (Å²) in [5.41, 5.74) is 2.48. The van der Waals surface area contributed by atoms with Gasteiger partial charge in [-0.15, -0.1) is 0 Å². The van der Waals surface area contributed by atoms with Crippen LogP contribution in [0.15, 0.2) is 72.8 Å². The molecule has 6 heteroatoms. The summed E-state index contributed by atoms with van der Waals surface area (Å²) in [5.74, 6) is -0.984. The molecule has 30 heavy (non-hydrogen) atoms. The zero-order valence-corrected chi connectivity index (χ0v) is 16.3. The highest BCUT2D eigenvalue weighted by Gasteiger charge is 2.25. The van der Waals surface area contributed by atoms with Crippen LogP contribution in [0.25, 0.3) is 21.8 Å². The number of hydrogen-bond donors (Lipinski definition) is 2. The molecular weight excluding hydrogens is 380 g/mol. The summed E-state index contributed by atoms with van der Waals surface area (Å²) in [4.78, 5) is 29.8. The Morgan fingerprint density at radius 1 is 0.933 bits per heavy atom. The van der Waals surface area contributed by atoms with E-state index in [1.54, 1.807) is 12.1 Å². The number of aromatic nitrogens is 1. The maximum atomic E-state index is 13.3. The van der Waals surface area contributed by atoms with Gasteiger partial charge in [-0.05, 0) is 23.8 Å². The molecule has 0 fully saturated rings. The number of fused-ring (bicyclic) bond motifs is 2. The summed E-state index contributed by atoms with van der Waals surface area (Å²) in [6.07, 6.45) is 0.103. The third-order valence-electron chi connectivity index (χ3n) is 5.03. The van der Waals surface area contributed by atoms with E-state index in [1.807, 2.05) is 60.7 Å². The van der Waals surface area contributed by atoms with Gasteiger partial charge < -0.3 is 15.2 Å². The smallest absolute Gasteiger partial charge is 0.326 e. The third kappa shape index (κ3) is 3.67. The number of carboxylic acids is 1. The van der Waals surface area contributed by atoms with Gasteiger partial charge in [0.15, 0.2) is 0 Å². The molecule has 0 aliphatic heterocycles. The predicted octanol–water partition coefficient (Wildman–Crippen LogP) is 3.82. The molecule has 2 N–H and O–H groups in total. The molecule has 1 atom stereocenters. The van der Waals surface area contributed by atoms with E-state index in [4.69, 9.17) is 4.74 Å². The van der Waals surface area contributed by atoms with Crippen molar-refractivity contribution in [2.45, 2.75) is 12.5 Å². The van der Waals surface area contributed by atoms with Crippen molar-refractivity contribution < 1.29 is 19.4 Å². The minimum absolute atomic E-state index is 0.103. The van der Waals surface area contributed by atoms with Gasteiger partial charge in [0, 0.05) is 17.2 Å². The van der Waals surface area contributed by atoms with Gasteiger partial charge in [0.25, 0.3) is 5.91 Å². The molecule has 3 aromatic carbocycles. The SMILES string of the molecule is COc1ccccc1C[C@H](NC(=O)c1c2ccccc2nc2ccccc12)C(=O)O. The lowest BCUT2D eigenvalue weighted by Gasteiger charge is -2.18. The Bertz CT molecular complexity index is 1200. The van der Waals surface area contributed by atoms with Gasteiger partial charge in [0.1, 0.15) is 11.8 Å². The van der Waals surface area contributed by atoms with Crippen molar-refractivity contribution in [1.82, 2.24) is 10.3 Å². The Labute approximate surface area is 173 Å². The number of aliphatic carboxylic acids is 1. The number of carbonyl (C=O) groups is 2. The zero-order chi connectivity index (χ0) is 21.1. The molecule has 0 saturated heterocycles. The van der Waals surface area contributed by atoms with Gasteiger partial charge in [0.05, 0.1) is 23.7 Å². The van der Waals surface area contributed by atoms with E-state index in [2.05, 4.69) is 10.3 Å². The first-order valence-electron chi connectivity index (χ1n) is 9.51. The molecule has 6 nitrogen and oxygen atoms in total. The maximum absolute atomic E-state index is 13.3. The second-order valence-corrected chi connectivity index (χ2v) is 6.90. The fraction of sp³-hybridized carbons (Fsp3) is 0.125. The quantitative estimate of drug-likeness (QED) is 0.480. The van der Waals surface area contributed by atoms with Crippen molar-refractivity contribution in [3.8, 4) is 5.75 Å². The number of nitrogens with zero attached hydrogens (tertiary/aromatic N) is 1. The predicted molar refractivity (Wildman–Crippen MR) is 115 cm³/mol. The lowest BCUT2D eigenvalue weighted by Crippen LogP contribution is -2.42. The van der Waals surface area contributed by atoms with Crippen molar-refractivity contribution in [1.29, 1.82) is 0 Å². The number of ether oxygens (including phenoxy) is 1. The molecule has 4 aromatic rings. The molecule has 0 aliphatic rings. The number of hydrogen-bond acceptors (Lipinski definition) is 4. The van der Waals surface area contributed by atoms with Crippen molar-refractivity contribution >= 4 is 33.7 Å². The number of carboxylic acid groups (broad SMARTS) is 1. The summed E-state index contributed by atoms with van der Waals surface area (Å²) < 4.78 is 5.32. The average Bonchev–Trinajstić information content (AvgIpc) is 2.77. The van der Waals surface area contributed by atoms with Crippen LogP contribution in [-0.2, 0) is 11.2 Å². The van der Waals surface area contributed by atoms with Crippen molar-refractivity contribution in [2.75, 3.05) is 7.11 Å². The van der Waals surface area contributed by atoms with Gasteiger partial charge in [0.2, 0.25) is 0 Å². The second-order valence-electron chi connectivity index (χ2n) is 6.90. The molecule has 4 rings (SSSR count). The molecule has 150 valence electrons. The van der Waals surface area contributed by atoms with E-state index in [-0.39, 0.29) is 6.42 Å². The number of methoxy groups -OCH3 is 1. The van der Waals surface area contributed by atoms with Crippen LogP contribution in [0.2, 0.25) is 0 Å². The van der Waals surface area contributed by atoms with Crippen LogP contribution < -0.4 is 10.1 Å². The van der Waals surface area contributed by atoms with E-state index in [0.29, 0.717) is 38.7 Å². The Morgan fingerprint density at radius 2 is 1.50 bits per heavy atom. The van der Waals surface area contributed by atoms with Crippen molar-refractivity contribution in [3.05, 3.63) is 83.9 Å². The number of pyridine rings is 1. The monoisotopic (exact) mass is 400 g/mol. The van der Waals surface area contributed by atoms with Gasteiger partial charge >= 0.3 is 5.97 Å². The van der Waals surface area contributed by atoms with Crippen LogP contribution in [0.1, 0.15) is 15.9 Å². The highest BCUT2D eigenvalue weighted by atomic mass is 16.5. The lowest BCUT2D eigenvalue weighted by molar-refractivity contribution is -0.139. The van der Waals surface area contributed by atoms with E-state index < -0.39 is 17.9 Å². The molecule has 1 heterocycles. The van der Waals surface area contributed by atoms with Gasteiger partial charge in [-0.25, -0.2) is 9.78 Å². The first kappa shape index (κ1) is 19.4. The summed E-state index contributed by atoms with van der Waals surface area (Å²) in [6, 6.07) is 20.7. The number of nitrogens with one attached hydrogen (secondary N) is 1. The molecule has 0 bridgehead atoms. The summed E-state index contributed by atoms with van der Waals surface area (Å²) >= 11 is 0. The highest BCUT2D eigenvalue weighted by molar-refractivity contribution is 6.16. The summed E-state index contributed by atoms with van der Waals surface area (Å²) in [7, 11) is 1.53. The number of rotatable bonds is 6. The number of para-hydroxylation sites is 3. The second kappa shape index (κ2) is 8.21. The Kier molecular flexibility index (Phi) is 5.30. The first-order chi connectivity index (χ1) is 14.6. The zero-order valence-electron chi connectivity index (χ0n) is 16.3. The van der Waals surface area contributed by atoms with Crippen LogP contribution in [-0.4, -0.2) is 35.1 Å². The fourth-order valence-electron chi connectivity index (χ4n) is 3.61.